The molecule has 0 radical (unpaired) electrons. The molecule has 3 rings (SSSR count). The Labute approximate surface area is 133 Å². The first-order chi connectivity index (χ1) is 10.2. The highest BCUT2D eigenvalue weighted by Crippen LogP contribution is 2.42. The Hall–Kier alpha value is -1.52. The quantitative estimate of drug-likeness (QED) is 0.909. The number of hydrogen-bond acceptors (Lipinski definition) is 3. The lowest BCUT2D eigenvalue weighted by molar-refractivity contribution is 0.304. The number of fused-ring (bicyclic) bond motifs is 1. The number of methoxy groups -OCH3 is 1. The zero-order valence-electron chi connectivity index (χ0n) is 12.1. The molecule has 0 saturated heterocycles. The molecule has 21 heavy (non-hydrogen) atoms. The van der Waals surface area contributed by atoms with Crippen molar-refractivity contribution in [1.82, 2.24) is 5.32 Å². The molecule has 0 aromatic heterocycles. The van der Waals surface area contributed by atoms with Crippen LogP contribution in [0.1, 0.15) is 23.1 Å². The van der Waals surface area contributed by atoms with Gasteiger partial charge >= 0.3 is 0 Å². The van der Waals surface area contributed by atoms with E-state index in [1.54, 1.807) is 7.11 Å². The van der Waals surface area contributed by atoms with Crippen LogP contribution in [-0.4, -0.2) is 20.8 Å². The predicted octanol–water partition coefficient (Wildman–Crippen LogP) is 3.89. The second-order valence-electron chi connectivity index (χ2n) is 5.12. The lowest BCUT2D eigenvalue weighted by atomic mass is 9.88. The van der Waals surface area contributed by atoms with Crippen molar-refractivity contribution in [3.63, 3.8) is 0 Å². The van der Waals surface area contributed by atoms with Crippen molar-refractivity contribution < 1.29 is 9.47 Å². The number of hydrogen-bond donors (Lipinski definition) is 1. The maximum absolute atomic E-state index is 5.81. The summed E-state index contributed by atoms with van der Waals surface area (Å²) in [6.07, 6.45) is 0. The molecule has 0 bridgehead atoms. The summed E-state index contributed by atoms with van der Waals surface area (Å²) in [4.78, 5) is 0. The molecule has 0 saturated carbocycles. The molecule has 2 unspecified atom stereocenters. The van der Waals surface area contributed by atoms with Gasteiger partial charge in [0.15, 0.2) is 0 Å². The first kappa shape index (κ1) is 14.4. The number of halogens is 1. The fraction of sp³-hybridized carbons (Fsp3) is 0.294. The van der Waals surface area contributed by atoms with Gasteiger partial charge in [-0.25, -0.2) is 0 Å². The third-order valence-corrected chi connectivity index (χ3v) is 4.60. The van der Waals surface area contributed by atoms with Gasteiger partial charge < -0.3 is 14.8 Å². The van der Waals surface area contributed by atoms with E-state index in [9.17, 15) is 0 Å². The van der Waals surface area contributed by atoms with E-state index in [0.29, 0.717) is 12.5 Å². The number of rotatable bonds is 4. The summed E-state index contributed by atoms with van der Waals surface area (Å²) in [5.74, 6) is 2.15. The molecule has 0 aliphatic carbocycles. The molecule has 0 amide bonds. The second kappa shape index (κ2) is 6.08. The number of likely N-dealkylation sites (N-methyl/N-ethyl adjacent to an activating group) is 1. The van der Waals surface area contributed by atoms with Crippen molar-refractivity contribution in [2.24, 2.45) is 0 Å². The van der Waals surface area contributed by atoms with E-state index in [1.807, 2.05) is 25.2 Å². The van der Waals surface area contributed by atoms with E-state index in [-0.39, 0.29) is 6.04 Å². The summed E-state index contributed by atoms with van der Waals surface area (Å²) >= 11 is 3.56. The number of ether oxygens (including phenoxy) is 2. The fourth-order valence-electron chi connectivity index (χ4n) is 2.94. The number of benzene rings is 2. The Kier molecular flexibility index (Phi) is 4.17. The monoisotopic (exact) mass is 347 g/mol. The van der Waals surface area contributed by atoms with Crippen LogP contribution in [0.25, 0.3) is 0 Å². The van der Waals surface area contributed by atoms with Crippen LogP contribution in [0.5, 0.6) is 11.5 Å². The van der Waals surface area contributed by atoms with E-state index in [0.717, 1.165) is 16.0 Å². The highest BCUT2D eigenvalue weighted by molar-refractivity contribution is 9.10. The molecule has 110 valence electrons. The highest BCUT2D eigenvalue weighted by Gasteiger charge is 2.31. The highest BCUT2D eigenvalue weighted by atomic mass is 79.9. The molecule has 0 spiro atoms. The molecule has 3 nitrogen and oxygen atoms in total. The van der Waals surface area contributed by atoms with Gasteiger partial charge in [-0.15, -0.1) is 0 Å². The van der Waals surface area contributed by atoms with Gasteiger partial charge in [0.25, 0.3) is 0 Å². The average molecular weight is 348 g/mol. The Bertz CT molecular complexity index is 644. The van der Waals surface area contributed by atoms with Gasteiger partial charge in [0.05, 0.1) is 18.2 Å². The van der Waals surface area contributed by atoms with Crippen molar-refractivity contribution in [2.75, 3.05) is 20.8 Å². The van der Waals surface area contributed by atoms with Gasteiger partial charge in [0.1, 0.15) is 11.5 Å². The maximum Gasteiger partial charge on any atom is 0.133 e. The van der Waals surface area contributed by atoms with Gasteiger partial charge in [-0.1, -0.05) is 24.3 Å². The average Bonchev–Trinajstić information content (AvgIpc) is 2.93. The van der Waals surface area contributed by atoms with Crippen LogP contribution in [-0.2, 0) is 0 Å². The van der Waals surface area contributed by atoms with Crippen molar-refractivity contribution in [1.29, 1.82) is 0 Å². The largest absolute Gasteiger partial charge is 0.496 e. The van der Waals surface area contributed by atoms with Crippen LogP contribution in [0.3, 0.4) is 0 Å². The fourth-order valence-corrected chi connectivity index (χ4v) is 3.50. The smallest absolute Gasteiger partial charge is 0.133 e. The van der Waals surface area contributed by atoms with Crippen LogP contribution < -0.4 is 14.8 Å². The van der Waals surface area contributed by atoms with Crippen LogP contribution in [0, 0.1) is 0 Å². The van der Waals surface area contributed by atoms with Crippen LogP contribution in [0.2, 0.25) is 0 Å². The van der Waals surface area contributed by atoms with E-state index in [4.69, 9.17) is 9.47 Å². The molecule has 2 atom stereocenters. The van der Waals surface area contributed by atoms with Gasteiger partial charge in [0, 0.05) is 17.5 Å². The lowest BCUT2D eigenvalue weighted by Gasteiger charge is -2.23. The van der Waals surface area contributed by atoms with Gasteiger partial charge in [-0.2, -0.15) is 0 Å². The van der Waals surface area contributed by atoms with Crippen LogP contribution in [0.4, 0.5) is 0 Å². The standard InChI is InChI=1S/C17H18BrNO2/c1-19-17(11-7-8-16(20-2)14(18)9-11)13-10-21-15-6-4-3-5-12(13)15/h3-9,13,17,19H,10H2,1-2H3. The molecular weight excluding hydrogens is 330 g/mol. The first-order valence-corrected chi connectivity index (χ1v) is 7.76. The first-order valence-electron chi connectivity index (χ1n) is 6.97. The molecule has 2 aromatic carbocycles. The number of nitrogens with one attached hydrogen (secondary N) is 1. The summed E-state index contributed by atoms with van der Waals surface area (Å²) < 4.78 is 12.1. The molecular formula is C17H18BrNO2. The molecule has 1 heterocycles. The SMILES string of the molecule is CNC(c1ccc(OC)c(Br)c1)C1COc2ccccc21. The third-order valence-electron chi connectivity index (χ3n) is 3.99. The summed E-state index contributed by atoms with van der Waals surface area (Å²) in [6, 6.07) is 14.7. The summed E-state index contributed by atoms with van der Waals surface area (Å²) in [5, 5.41) is 3.42. The predicted molar refractivity (Wildman–Crippen MR) is 87.2 cm³/mol. The minimum Gasteiger partial charge on any atom is -0.496 e. The zero-order valence-corrected chi connectivity index (χ0v) is 13.7. The van der Waals surface area contributed by atoms with Crippen LogP contribution in [0.15, 0.2) is 46.9 Å². The Balaban J connectivity index is 1.95. The van der Waals surface area contributed by atoms with E-state index >= 15 is 0 Å². The van der Waals surface area contributed by atoms with Crippen molar-refractivity contribution >= 4 is 15.9 Å². The topological polar surface area (TPSA) is 30.5 Å². The van der Waals surface area contributed by atoms with E-state index < -0.39 is 0 Å². The minimum atomic E-state index is 0.204. The van der Waals surface area contributed by atoms with Crippen molar-refractivity contribution in [3.05, 3.63) is 58.1 Å². The van der Waals surface area contributed by atoms with Gasteiger partial charge in [0.2, 0.25) is 0 Å². The van der Waals surface area contributed by atoms with Crippen molar-refractivity contribution in [3.8, 4) is 11.5 Å². The minimum absolute atomic E-state index is 0.204. The Morgan fingerprint density at radius 1 is 1.29 bits per heavy atom. The second-order valence-corrected chi connectivity index (χ2v) is 5.97. The molecule has 0 fully saturated rings. The van der Waals surface area contributed by atoms with Crippen molar-refractivity contribution in [2.45, 2.75) is 12.0 Å². The Morgan fingerprint density at radius 3 is 2.81 bits per heavy atom. The van der Waals surface area contributed by atoms with Gasteiger partial charge in [-0.05, 0) is 46.7 Å². The summed E-state index contributed by atoms with van der Waals surface area (Å²) in [7, 11) is 3.67. The van der Waals surface area contributed by atoms with Gasteiger partial charge in [-0.3, -0.25) is 0 Å². The van der Waals surface area contributed by atoms with E-state index in [1.165, 1.54) is 11.1 Å². The summed E-state index contributed by atoms with van der Waals surface area (Å²) in [5.41, 5.74) is 2.49. The molecule has 2 aromatic rings. The Morgan fingerprint density at radius 2 is 2.10 bits per heavy atom. The maximum atomic E-state index is 5.81. The molecule has 4 heteroatoms. The normalized spacial score (nSPS) is 18.0. The zero-order chi connectivity index (χ0) is 14.8. The van der Waals surface area contributed by atoms with E-state index in [2.05, 4.69) is 45.5 Å². The molecule has 1 aliphatic heterocycles. The number of para-hydroxylation sites is 1. The molecule has 1 aliphatic rings. The molecule has 1 N–H and O–H groups in total. The van der Waals surface area contributed by atoms with Crippen LogP contribution >= 0.6 is 15.9 Å². The lowest BCUT2D eigenvalue weighted by Crippen LogP contribution is -2.24. The summed E-state index contributed by atoms with van der Waals surface area (Å²) in [6.45, 7) is 0.703. The third kappa shape index (κ3) is 2.65.